The molecule has 120 valence electrons. The Labute approximate surface area is 137 Å². The molecule has 0 aliphatic heterocycles. The fourth-order valence-corrected chi connectivity index (χ4v) is 2.21. The Morgan fingerprint density at radius 2 is 1.95 bits per heavy atom. The normalized spacial score (nSPS) is 11.5. The lowest BCUT2D eigenvalue weighted by Gasteiger charge is -2.15. The molecule has 0 aromatic heterocycles. The van der Waals surface area contributed by atoms with Crippen LogP contribution in [-0.4, -0.2) is 42.4 Å². The number of carbonyl (C=O) groups is 3. The Bertz CT molecular complexity index is 536. The van der Waals surface area contributed by atoms with E-state index < -0.39 is 24.6 Å². The van der Waals surface area contributed by atoms with Crippen LogP contribution in [0.1, 0.15) is 16.8 Å². The van der Waals surface area contributed by atoms with Crippen molar-refractivity contribution in [2.75, 3.05) is 18.6 Å². The van der Waals surface area contributed by atoms with Gasteiger partial charge in [0.15, 0.2) is 12.4 Å². The summed E-state index contributed by atoms with van der Waals surface area (Å²) in [5.74, 6) is -0.395. The van der Waals surface area contributed by atoms with Crippen molar-refractivity contribution in [2.24, 2.45) is 5.73 Å². The first-order chi connectivity index (χ1) is 10.4. The van der Waals surface area contributed by atoms with E-state index in [1.165, 1.54) is 11.8 Å². The van der Waals surface area contributed by atoms with Crippen LogP contribution in [0, 0.1) is 0 Å². The zero-order chi connectivity index (χ0) is 16.5. The molecule has 0 radical (unpaired) electrons. The molecule has 1 aromatic rings. The number of urea groups is 1. The number of hydrogen-bond acceptors (Lipinski definition) is 5. The summed E-state index contributed by atoms with van der Waals surface area (Å²) in [6.45, 7) is -0.406. The third kappa shape index (κ3) is 6.36. The fourth-order valence-electron chi connectivity index (χ4n) is 1.61. The van der Waals surface area contributed by atoms with Crippen LogP contribution >= 0.6 is 23.4 Å². The summed E-state index contributed by atoms with van der Waals surface area (Å²) >= 11 is 7.25. The van der Waals surface area contributed by atoms with E-state index >= 15 is 0 Å². The summed E-state index contributed by atoms with van der Waals surface area (Å²) < 4.78 is 4.95. The Hall–Kier alpha value is -1.73. The average Bonchev–Trinajstić information content (AvgIpc) is 2.49. The summed E-state index contributed by atoms with van der Waals surface area (Å²) in [6, 6.07) is 4.57. The number of amides is 2. The Morgan fingerprint density at radius 1 is 1.32 bits per heavy atom. The second-order valence-corrected chi connectivity index (χ2v) is 5.80. The smallest absolute Gasteiger partial charge is 0.329 e. The molecule has 0 aliphatic carbocycles. The lowest BCUT2D eigenvalue weighted by molar-refractivity contribution is -0.144. The van der Waals surface area contributed by atoms with Crippen molar-refractivity contribution in [1.82, 2.24) is 5.32 Å². The first kappa shape index (κ1) is 18.3. The predicted octanol–water partition coefficient (Wildman–Crippen LogP) is 1.86. The van der Waals surface area contributed by atoms with Crippen LogP contribution in [0.4, 0.5) is 4.79 Å². The van der Waals surface area contributed by atoms with Crippen LogP contribution in [0.5, 0.6) is 0 Å². The van der Waals surface area contributed by atoms with Crippen molar-refractivity contribution in [3.05, 3.63) is 34.9 Å². The Kier molecular flexibility index (Phi) is 7.76. The molecule has 0 saturated carbocycles. The summed E-state index contributed by atoms with van der Waals surface area (Å²) in [7, 11) is 0. The highest BCUT2D eigenvalue weighted by Crippen LogP contribution is 2.10. The zero-order valence-electron chi connectivity index (χ0n) is 12.0. The largest absolute Gasteiger partial charge is 0.456 e. The summed E-state index contributed by atoms with van der Waals surface area (Å²) in [5, 5.41) is 2.82. The van der Waals surface area contributed by atoms with Crippen LogP contribution in [0.3, 0.4) is 0 Å². The first-order valence-electron chi connectivity index (χ1n) is 6.44. The number of hydrogen-bond donors (Lipinski definition) is 2. The van der Waals surface area contributed by atoms with Gasteiger partial charge in [0.1, 0.15) is 6.04 Å². The van der Waals surface area contributed by atoms with Gasteiger partial charge in [0.2, 0.25) is 0 Å². The van der Waals surface area contributed by atoms with Crippen LogP contribution < -0.4 is 11.1 Å². The second kappa shape index (κ2) is 9.32. The maximum atomic E-state index is 11.9. The van der Waals surface area contributed by atoms with Gasteiger partial charge in [0.05, 0.1) is 0 Å². The minimum absolute atomic E-state index is 0.354. The van der Waals surface area contributed by atoms with Crippen molar-refractivity contribution in [3.8, 4) is 0 Å². The van der Waals surface area contributed by atoms with E-state index in [2.05, 4.69) is 5.32 Å². The molecule has 1 aromatic carbocycles. The molecule has 2 amide bonds. The SMILES string of the molecule is CSCC[C@@H](NC(N)=O)C(=O)OCC(=O)c1ccc(Cl)cc1. The van der Waals surface area contributed by atoms with Gasteiger partial charge < -0.3 is 15.8 Å². The third-order valence-electron chi connectivity index (χ3n) is 2.72. The van der Waals surface area contributed by atoms with Crippen LogP contribution in [0.25, 0.3) is 0 Å². The van der Waals surface area contributed by atoms with Gasteiger partial charge in [-0.1, -0.05) is 11.6 Å². The Balaban J connectivity index is 2.55. The van der Waals surface area contributed by atoms with Crippen molar-refractivity contribution in [3.63, 3.8) is 0 Å². The molecule has 0 fully saturated rings. The number of rotatable bonds is 8. The van der Waals surface area contributed by atoms with Gasteiger partial charge in [-0.2, -0.15) is 11.8 Å². The van der Waals surface area contributed by atoms with Gasteiger partial charge in [-0.15, -0.1) is 0 Å². The molecular formula is C14H17ClN2O4S. The van der Waals surface area contributed by atoms with Gasteiger partial charge in [0.25, 0.3) is 0 Å². The Morgan fingerprint density at radius 3 is 2.50 bits per heavy atom. The molecule has 0 saturated heterocycles. The molecule has 6 nitrogen and oxygen atoms in total. The van der Waals surface area contributed by atoms with Crippen LogP contribution in [0.15, 0.2) is 24.3 Å². The van der Waals surface area contributed by atoms with Crippen LogP contribution in [0.2, 0.25) is 5.02 Å². The second-order valence-electron chi connectivity index (χ2n) is 4.38. The van der Waals surface area contributed by atoms with Gasteiger partial charge >= 0.3 is 12.0 Å². The zero-order valence-corrected chi connectivity index (χ0v) is 13.6. The number of ether oxygens (including phenoxy) is 1. The molecular weight excluding hydrogens is 328 g/mol. The quantitative estimate of drug-likeness (QED) is 0.554. The minimum Gasteiger partial charge on any atom is -0.456 e. The van der Waals surface area contributed by atoms with E-state index in [0.29, 0.717) is 22.8 Å². The number of ketones is 1. The van der Waals surface area contributed by atoms with Crippen molar-refractivity contribution in [2.45, 2.75) is 12.5 Å². The van der Waals surface area contributed by atoms with Crippen LogP contribution in [-0.2, 0) is 9.53 Å². The molecule has 0 bridgehead atoms. The highest BCUT2D eigenvalue weighted by atomic mass is 35.5. The lowest BCUT2D eigenvalue weighted by Crippen LogP contribution is -2.45. The number of nitrogens with one attached hydrogen (secondary N) is 1. The summed E-state index contributed by atoms with van der Waals surface area (Å²) in [6.07, 6.45) is 2.24. The molecule has 8 heteroatoms. The van der Waals surface area contributed by atoms with E-state index in [9.17, 15) is 14.4 Å². The maximum absolute atomic E-state index is 11.9. The average molecular weight is 345 g/mol. The topological polar surface area (TPSA) is 98.5 Å². The molecule has 0 heterocycles. The molecule has 0 unspecified atom stereocenters. The lowest BCUT2D eigenvalue weighted by atomic mass is 10.1. The van der Waals surface area contributed by atoms with Crippen molar-refractivity contribution < 1.29 is 19.1 Å². The van der Waals surface area contributed by atoms with Gasteiger partial charge in [-0.25, -0.2) is 9.59 Å². The standard InChI is InChI=1S/C14H17ClN2O4S/c1-22-7-6-11(17-14(16)20)13(19)21-8-12(18)9-2-4-10(15)5-3-9/h2-5,11H,6-8H2,1H3,(H3,16,17,20)/t11-/m1/s1. The number of benzene rings is 1. The number of thioether (sulfide) groups is 1. The predicted molar refractivity (Wildman–Crippen MR) is 86.2 cm³/mol. The molecule has 1 rings (SSSR count). The molecule has 0 aliphatic rings. The first-order valence-corrected chi connectivity index (χ1v) is 8.21. The van der Waals surface area contributed by atoms with E-state index in [1.54, 1.807) is 24.3 Å². The number of nitrogens with two attached hydrogens (primary N) is 1. The number of halogens is 1. The summed E-state index contributed by atoms with van der Waals surface area (Å²) in [4.78, 5) is 34.7. The number of esters is 1. The van der Waals surface area contributed by atoms with E-state index in [1.807, 2.05) is 6.26 Å². The van der Waals surface area contributed by atoms with E-state index in [0.717, 1.165) is 0 Å². The monoisotopic (exact) mass is 344 g/mol. The number of primary amides is 1. The highest BCUT2D eigenvalue weighted by molar-refractivity contribution is 7.98. The number of Topliss-reactive ketones (excluding diaryl/α,β-unsaturated/α-hetero) is 1. The minimum atomic E-state index is -0.858. The molecule has 22 heavy (non-hydrogen) atoms. The number of carbonyl (C=O) groups excluding carboxylic acids is 3. The molecule has 0 spiro atoms. The molecule has 1 atom stereocenters. The van der Waals surface area contributed by atoms with Crippen molar-refractivity contribution in [1.29, 1.82) is 0 Å². The van der Waals surface area contributed by atoms with Gasteiger partial charge in [-0.3, -0.25) is 4.79 Å². The molecule has 3 N–H and O–H groups in total. The fraction of sp³-hybridized carbons (Fsp3) is 0.357. The third-order valence-corrected chi connectivity index (χ3v) is 3.62. The van der Waals surface area contributed by atoms with E-state index in [-0.39, 0.29) is 5.78 Å². The van der Waals surface area contributed by atoms with Gasteiger partial charge in [0, 0.05) is 10.6 Å². The summed E-state index contributed by atoms with van der Waals surface area (Å²) in [5.41, 5.74) is 5.41. The van der Waals surface area contributed by atoms with Gasteiger partial charge in [-0.05, 0) is 42.7 Å². The maximum Gasteiger partial charge on any atom is 0.329 e. The van der Waals surface area contributed by atoms with E-state index in [4.69, 9.17) is 22.1 Å². The highest BCUT2D eigenvalue weighted by Gasteiger charge is 2.22. The van der Waals surface area contributed by atoms with Crippen molar-refractivity contribution >= 4 is 41.1 Å².